The van der Waals surface area contributed by atoms with E-state index in [1.807, 2.05) is 0 Å². The van der Waals surface area contributed by atoms with Crippen molar-refractivity contribution in [3.8, 4) is 0 Å². The van der Waals surface area contributed by atoms with Crippen LogP contribution >= 0.6 is 0 Å². The van der Waals surface area contributed by atoms with E-state index in [-0.39, 0.29) is 12.1 Å². The van der Waals surface area contributed by atoms with Crippen molar-refractivity contribution in [1.29, 1.82) is 0 Å². The minimum absolute atomic E-state index is 0.154. The van der Waals surface area contributed by atoms with Crippen LogP contribution in [0.3, 0.4) is 0 Å². The second kappa shape index (κ2) is 5.93. The van der Waals surface area contributed by atoms with Crippen LogP contribution in [0.2, 0.25) is 0 Å². The third-order valence-corrected chi connectivity index (χ3v) is 3.53. The number of amides is 1. The lowest BCUT2D eigenvalue weighted by atomic mass is 10.1. The molecule has 1 aliphatic rings. The van der Waals surface area contributed by atoms with Crippen LogP contribution in [0.1, 0.15) is 17.5 Å². The molecule has 5 heteroatoms. The number of hydrogen-bond donors (Lipinski definition) is 2. The van der Waals surface area contributed by atoms with Gasteiger partial charge < -0.3 is 20.7 Å². The van der Waals surface area contributed by atoms with Crippen molar-refractivity contribution < 1.29 is 9.53 Å². The van der Waals surface area contributed by atoms with Crippen LogP contribution < -0.4 is 16.0 Å². The van der Waals surface area contributed by atoms with E-state index in [0.717, 1.165) is 25.1 Å². The molecule has 1 aromatic carbocycles. The Hall–Kier alpha value is -1.75. The quantitative estimate of drug-likeness (QED) is 0.864. The maximum atomic E-state index is 11.2. The second-order valence-corrected chi connectivity index (χ2v) is 4.89. The van der Waals surface area contributed by atoms with Gasteiger partial charge in [-0.1, -0.05) is 12.1 Å². The standard InChI is InChI=1S/C14H21N3O2/c1-10-7-11(8-15)3-4-13(10)17-6-5-12(9-17)16-14(18)19-2/h3-4,7,12H,5-6,8-9,15H2,1-2H3,(H,16,18). The van der Waals surface area contributed by atoms with Crippen LogP contribution in [0, 0.1) is 6.92 Å². The molecular weight excluding hydrogens is 242 g/mol. The molecule has 1 atom stereocenters. The van der Waals surface area contributed by atoms with Crippen LogP contribution in [0.5, 0.6) is 0 Å². The van der Waals surface area contributed by atoms with Crippen LogP contribution in [0.25, 0.3) is 0 Å². The van der Waals surface area contributed by atoms with Gasteiger partial charge in [0.25, 0.3) is 0 Å². The Morgan fingerprint density at radius 1 is 1.58 bits per heavy atom. The number of nitrogens with zero attached hydrogens (tertiary/aromatic N) is 1. The zero-order valence-electron chi connectivity index (χ0n) is 11.5. The van der Waals surface area contributed by atoms with Crippen LogP contribution in [-0.4, -0.2) is 32.3 Å². The number of hydrogen-bond acceptors (Lipinski definition) is 4. The van der Waals surface area contributed by atoms with Gasteiger partial charge in [0.15, 0.2) is 0 Å². The van der Waals surface area contributed by atoms with Gasteiger partial charge in [0.2, 0.25) is 0 Å². The van der Waals surface area contributed by atoms with Crippen LogP contribution in [0.15, 0.2) is 18.2 Å². The maximum Gasteiger partial charge on any atom is 0.407 e. The Balaban J connectivity index is 2.02. The first kappa shape index (κ1) is 13.7. The van der Waals surface area contributed by atoms with Gasteiger partial charge in [0.1, 0.15) is 0 Å². The van der Waals surface area contributed by atoms with E-state index in [1.165, 1.54) is 18.4 Å². The third kappa shape index (κ3) is 3.17. The molecular formula is C14H21N3O2. The summed E-state index contributed by atoms with van der Waals surface area (Å²) in [6.45, 7) is 4.42. The fraction of sp³-hybridized carbons (Fsp3) is 0.500. The number of alkyl carbamates (subject to hydrolysis) is 1. The number of nitrogens with two attached hydrogens (primary N) is 1. The van der Waals surface area contributed by atoms with Crippen molar-refractivity contribution in [2.75, 3.05) is 25.1 Å². The molecule has 1 heterocycles. The summed E-state index contributed by atoms with van der Waals surface area (Å²) in [4.78, 5) is 13.5. The van der Waals surface area contributed by atoms with E-state index >= 15 is 0 Å². The minimum atomic E-state index is -0.359. The van der Waals surface area contributed by atoms with Crippen LogP contribution in [0.4, 0.5) is 10.5 Å². The van der Waals surface area contributed by atoms with Gasteiger partial charge in [-0.3, -0.25) is 0 Å². The zero-order chi connectivity index (χ0) is 13.8. The molecule has 1 unspecified atom stereocenters. The Bertz CT molecular complexity index is 462. The molecule has 0 bridgehead atoms. The first-order valence-electron chi connectivity index (χ1n) is 6.53. The van der Waals surface area contributed by atoms with Crippen molar-refractivity contribution in [2.45, 2.75) is 25.9 Å². The summed E-state index contributed by atoms with van der Waals surface area (Å²) in [5.74, 6) is 0. The highest BCUT2D eigenvalue weighted by Gasteiger charge is 2.25. The molecule has 1 amide bonds. The number of rotatable bonds is 3. The molecule has 1 aliphatic heterocycles. The lowest BCUT2D eigenvalue weighted by Gasteiger charge is -2.21. The average Bonchev–Trinajstić information content (AvgIpc) is 2.86. The predicted molar refractivity (Wildman–Crippen MR) is 75.2 cm³/mol. The van der Waals surface area contributed by atoms with Crippen LogP contribution in [-0.2, 0) is 11.3 Å². The predicted octanol–water partition coefficient (Wildman–Crippen LogP) is 1.39. The normalized spacial score (nSPS) is 18.5. The van der Waals surface area contributed by atoms with Crippen molar-refractivity contribution in [2.24, 2.45) is 5.73 Å². The average molecular weight is 263 g/mol. The first-order valence-corrected chi connectivity index (χ1v) is 6.53. The van der Waals surface area contributed by atoms with Crippen molar-refractivity contribution in [3.63, 3.8) is 0 Å². The molecule has 0 radical (unpaired) electrons. The highest BCUT2D eigenvalue weighted by molar-refractivity contribution is 5.67. The Morgan fingerprint density at radius 2 is 2.37 bits per heavy atom. The highest BCUT2D eigenvalue weighted by Crippen LogP contribution is 2.25. The Labute approximate surface area is 113 Å². The number of nitrogens with one attached hydrogen (secondary N) is 1. The monoisotopic (exact) mass is 263 g/mol. The molecule has 0 aliphatic carbocycles. The topological polar surface area (TPSA) is 67.6 Å². The summed E-state index contributed by atoms with van der Waals surface area (Å²) < 4.78 is 4.62. The SMILES string of the molecule is COC(=O)NC1CCN(c2ccc(CN)cc2C)C1. The van der Waals surface area contributed by atoms with E-state index < -0.39 is 0 Å². The molecule has 19 heavy (non-hydrogen) atoms. The minimum Gasteiger partial charge on any atom is -0.453 e. The fourth-order valence-corrected chi connectivity index (χ4v) is 2.52. The zero-order valence-corrected chi connectivity index (χ0v) is 11.5. The van der Waals surface area contributed by atoms with Gasteiger partial charge >= 0.3 is 6.09 Å². The van der Waals surface area contributed by atoms with E-state index in [1.54, 1.807) is 0 Å². The molecule has 3 N–H and O–H groups in total. The summed E-state index contributed by atoms with van der Waals surface area (Å²) in [5.41, 5.74) is 9.22. The third-order valence-electron chi connectivity index (χ3n) is 3.53. The molecule has 1 saturated heterocycles. The highest BCUT2D eigenvalue weighted by atomic mass is 16.5. The van der Waals surface area contributed by atoms with Gasteiger partial charge in [-0.2, -0.15) is 0 Å². The van der Waals surface area contributed by atoms with Gasteiger partial charge in [0.05, 0.1) is 13.2 Å². The number of carbonyl (C=O) groups is 1. The molecule has 1 fully saturated rings. The van der Waals surface area contributed by atoms with Crippen molar-refractivity contribution in [3.05, 3.63) is 29.3 Å². The number of ether oxygens (including phenoxy) is 1. The number of methoxy groups -OCH3 is 1. The number of benzene rings is 1. The summed E-state index contributed by atoms with van der Waals surface area (Å²) in [5, 5.41) is 2.85. The van der Waals surface area contributed by atoms with Gasteiger partial charge in [-0.15, -0.1) is 0 Å². The summed E-state index contributed by atoms with van der Waals surface area (Å²) in [6, 6.07) is 6.44. The maximum absolute atomic E-state index is 11.2. The van der Waals surface area contributed by atoms with Gasteiger partial charge in [0, 0.05) is 25.3 Å². The van der Waals surface area contributed by atoms with Gasteiger partial charge in [-0.05, 0) is 30.5 Å². The van der Waals surface area contributed by atoms with Crippen molar-refractivity contribution in [1.82, 2.24) is 5.32 Å². The lowest BCUT2D eigenvalue weighted by molar-refractivity contribution is 0.167. The van der Waals surface area contributed by atoms with E-state index in [2.05, 4.69) is 40.1 Å². The molecule has 1 aromatic rings. The van der Waals surface area contributed by atoms with Crippen molar-refractivity contribution >= 4 is 11.8 Å². The first-order chi connectivity index (χ1) is 9.13. The number of anilines is 1. The van der Waals surface area contributed by atoms with Gasteiger partial charge in [-0.25, -0.2) is 4.79 Å². The molecule has 0 aromatic heterocycles. The molecule has 0 saturated carbocycles. The van der Waals surface area contributed by atoms with E-state index in [9.17, 15) is 4.79 Å². The Morgan fingerprint density at radius 3 is 3.00 bits per heavy atom. The van der Waals surface area contributed by atoms with E-state index in [0.29, 0.717) is 6.54 Å². The Kier molecular flexibility index (Phi) is 4.27. The number of carbonyl (C=O) groups excluding carboxylic acids is 1. The molecule has 104 valence electrons. The smallest absolute Gasteiger partial charge is 0.407 e. The largest absolute Gasteiger partial charge is 0.453 e. The molecule has 0 spiro atoms. The summed E-state index contributed by atoms with van der Waals surface area (Å²) in [6.07, 6.45) is 0.578. The number of aryl methyl sites for hydroxylation is 1. The lowest BCUT2D eigenvalue weighted by Crippen LogP contribution is -2.37. The summed E-state index contributed by atoms with van der Waals surface area (Å²) in [7, 11) is 1.39. The fourth-order valence-electron chi connectivity index (χ4n) is 2.52. The second-order valence-electron chi connectivity index (χ2n) is 4.89. The summed E-state index contributed by atoms with van der Waals surface area (Å²) >= 11 is 0. The van der Waals surface area contributed by atoms with E-state index in [4.69, 9.17) is 5.73 Å². The molecule has 5 nitrogen and oxygen atoms in total. The molecule has 2 rings (SSSR count).